The highest BCUT2D eigenvalue weighted by atomic mass is 15.0. The molecule has 0 saturated heterocycles. The molecule has 92 valence electrons. The van der Waals surface area contributed by atoms with E-state index in [0.29, 0.717) is 6.04 Å². The second kappa shape index (κ2) is 4.92. The number of benzene rings is 1. The van der Waals surface area contributed by atoms with Gasteiger partial charge in [0.15, 0.2) is 0 Å². The van der Waals surface area contributed by atoms with E-state index in [1.165, 1.54) is 22.2 Å². The zero-order chi connectivity index (χ0) is 12.4. The fourth-order valence-electron chi connectivity index (χ4n) is 2.47. The Morgan fingerprint density at radius 2 is 2.00 bits per heavy atom. The van der Waals surface area contributed by atoms with Gasteiger partial charge in [0.05, 0.1) is 0 Å². The largest absolute Gasteiger partial charge is 0.342 e. The first-order chi connectivity index (χ1) is 8.13. The fraction of sp³-hybridized carbons (Fsp3) is 0.467. The first-order valence-electron chi connectivity index (χ1n) is 6.38. The Labute approximate surface area is 104 Å². The SMILES string of the molecule is CNCCc1cc2cc(C)ccc2n1C(C)C. The summed E-state index contributed by atoms with van der Waals surface area (Å²) in [5.41, 5.74) is 4.12. The maximum atomic E-state index is 3.22. The molecule has 1 aromatic carbocycles. The van der Waals surface area contributed by atoms with Crippen LogP contribution < -0.4 is 5.32 Å². The van der Waals surface area contributed by atoms with Crippen LogP contribution >= 0.6 is 0 Å². The van der Waals surface area contributed by atoms with Gasteiger partial charge in [0, 0.05) is 35.6 Å². The van der Waals surface area contributed by atoms with E-state index in [9.17, 15) is 0 Å². The van der Waals surface area contributed by atoms with Gasteiger partial charge in [-0.05, 0) is 46.0 Å². The second-order valence-electron chi connectivity index (χ2n) is 5.02. The third-order valence-electron chi connectivity index (χ3n) is 3.22. The molecular formula is C15H22N2. The van der Waals surface area contributed by atoms with E-state index in [4.69, 9.17) is 0 Å². The van der Waals surface area contributed by atoms with Crippen molar-refractivity contribution in [2.24, 2.45) is 0 Å². The van der Waals surface area contributed by atoms with Gasteiger partial charge in [-0.2, -0.15) is 0 Å². The summed E-state index contributed by atoms with van der Waals surface area (Å²) >= 11 is 0. The Hall–Kier alpha value is -1.28. The molecule has 0 radical (unpaired) electrons. The number of nitrogens with one attached hydrogen (secondary N) is 1. The minimum atomic E-state index is 0.516. The number of hydrogen-bond acceptors (Lipinski definition) is 1. The van der Waals surface area contributed by atoms with Gasteiger partial charge in [0.2, 0.25) is 0 Å². The molecule has 0 atom stereocenters. The van der Waals surface area contributed by atoms with E-state index in [1.54, 1.807) is 0 Å². The smallest absolute Gasteiger partial charge is 0.0485 e. The average Bonchev–Trinajstić information content (AvgIpc) is 2.63. The van der Waals surface area contributed by atoms with Crippen molar-refractivity contribution in [3.05, 3.63) is 35.5 Å². The molecule has 1 heterocycles. The lowest BCUT2D eigenvalue weighted by molar-refractivity contribution is 0.587. The van der Waals surface area contributed by atoms with E-state index in [2.05, 4.69) is 54.9 Å². The summed E-state index contributed by atoms with van der Waals surface area (Å²) in [7, 11) is 2.01. The summed E-state index contributed by atoms with van der Waals surface area (Å²) in [4.78, 5) is 0. The molecule has 0 aliphatic carbocycles. The highest BCUT2D eigenvalue weighted by Gasteiger charge is 2.10. The van der Waals surface area contributed by atoms with Gasteiger partial charge in [-0.1, -0.05) is 11.6 Å². The Morgan fingerprint density at radius 1 is 1.24 bits per heavy atom. The molecule has 2 rings (SSSR count). The predicted octanol–water partition coefficient (Wildman–Crippen LogP) is 3.29. The maximum absolute atomic E-state index is 3.22. The van der Waals surface area contributed by atoms with Gasteiger partial charge in [-0.15, -0.1) is 0 Å². The van der Waals surface area contributed by atoms with Gasteiger partial charge < -0.3 is 9.88 Å². The van der Waals surface area contributed by atoms with Crippen molar-refractivity contribution in [1.29, 1.82) is 0 Å². The summed E-state index contributed by atoms with van der Waals surface area (Å²) in [5.74, 6) is 0. The zero-order valence-corrected chi connectivity index (χ0v) is 11.2. The number of aryl methyl sites for hydroxylation is 1. The van der Waals surface area contributed by atoms with E-state index in [-0.39, 0.29) is 0 Å². The van der Waals surface area contributed by atoms with E-state index < -0.39 is 0 Å². The summed E-state index contributed by atoms with van der Waals surface area (Å²) in [6.45, 7) is 7.69. The van der Waals surface area contributed by atoms with Crippen molar-refractivity contribution in [3.8, 4) is 0 Å². The molecule has 0 aliphatic rings. The molecule has 1 N–H and O–H groups in total. The fourth-order valence-corrected chi connectivity index (χ4v) is 2.47. The van der Waals surface area contributed by atoms with Crippen molar-refractivity contribution in [2.45, 2.75) is 33.2 Å². The summed E-state index contributed by atoms with van der Waals surface area (Å²) < 4.78 is 2.45. The quantitative estimate of drug-likeness (QED) is 0.853. The van der Waals surface area contributed by atoms with Crippen LogP contribution in [0.4, 0.5) is 0 Å². The van der Waals surface area contributed by atoms with Crippen molar-refractivity contribution in [1.82, 2.24) is 9.88 Å². The molecule has 0 saturated carbocycles. The van der Waals surface area contributed by atoms with Crippen molar-refractivity contribution < 1.29 is 0 Å². The molecule has 0 aliphatic heterocycles. The molecule has 2 nitrogen and oxygen atoms in total. The topological polar surface area (TPSA) is 17.0 Å². The third-order valence-corrected chi connectivity index (χ3v) is 3.22. The highest BCUT2D eigenvalue weighted by molar-refractivity contribution is 5.82. The number of fused-ring (bicyclic) bond motifs is 1. The molecule has 17 heavy (non-hydrogen) atoms. The van der Waals surface area contributed by atoms with Crippen LogP contribution in [0.25, 0.3) is 10.9 Å². The van der Waals surface area contributed by atoms with Crippen LogP contribution in [-0.2, 0) is 6.42 Å². The summed E-state index contributed by atoms with van der Waals surface area (Å²) in [6.07, 6.45) is 1.09. The van der Waals surface area contributed by atoms with Crippen LogP contribution in [0.3, 0.4) is 0 Å². The average molecular weight is 230 g/mol. The number of likely N-dealkylation sites (N-methyl/N-ethyl adjacent to an activating group) is 1. The Kier molecular flexibility index (Phi) is 3.53. The molecule has 0 unspecified atom stereocenters. The molecule has 0 bridgehead atoms. The van der Waals surface area contributed by atoms with Crippen LogP contribution in [0.5, 0.6) is 0 Å². The van der Waals surface area contributed by atoms with E-state index in [0.717, 1.165) is 13.0 Å². The third kappa shape index (κ3) is 2.37. The normalized spacial score (nSPS) is 11.6. The lowest BCUT2D eigenvalue weighted by Gasteiger charge is -2.14. The Morgan fingerprint density at radius 3 is 2.65 bits per heavy atom. The van der Waals surface area contributed by atoms with Gasteiger partial charge in [-0.3, -0.25) is 0 Å². The Bertz CT molecular complexity index is 509. The minimum absolute atomic E-state index is 0.516. The van der Waals surface area contributed by atoms with Crippen LogP contribution in [0, 0.1) is 6.92 Å². The Balaban J connectivity index is 2.53. The first-order valence-corrected chi connectivity index (χ1v) is 6.38. The molecular weight excluding hydrogens is 208 g/mol. The number of aromatic nitrogens is 1. The van der Waals surface area contributed by atoms with Crippen LogP contribution in [-0.4, -0.2) is 18.2 Å². The summed E-state index contributed by atoms with van der Waals surface area (Å²) in [6, 6.07) is 9.56. The van der Waals surface area contributed by atoms with Crippen molar-refractivity contribution >= 4 is 10.9 Å². The second-order valence-corrected chi connectivity index (χ2v) is 5.02. The monoisotopic (exact) mass is 230 g/mol. The first kappa shape index (κ1) is 12.2. The van der Waals surface area contributed by atoms with E-state index in [1.807, 2.05) is 7.05 Å². The van der Waals surface area contributed by atoms with Crippen molar-refractivity contribution in [2.75, 3.05) is 13.6 Å². The lowest BCUT2D eigenvalue weighted by Crippen LogP contribution is -2.14. The van der Waals surface area contributed by atoms with Crippen LogP contribution in [0.15, 0.2) is 24.3 Å². The highest BCUT2D eigenvalue weighted by Crippen LogP contribution is 2.25. The predicted molar refractivity (Wildman–Crippen MR) is 74.7 cm³/mol. The molecule has 0 fully saturated rings. The number of hydrogen-bond donors (Lipinski definition) is 1. The molecule has 2 aromatic rings. The maximum Gasteiger partial charge on any atom is 0.0485 e. The summed E-state index contributed by atoms with van der Waals surface area (Å²) in [5, 5.41) is 4.59. The van der Waals surface area contributed by atoms with Gasteiger partial charge in [-0.25, -0.2) is 0 Å². The zero-order valence-electron chi connectivity index (χ0n) is 11.2. The molecule has 2 heteroatoms. The standard InChI is InChI=1S/C15H22N2/c1-11(2)17-14(7-8-16-4)10-13-9-12(3)5-6-15(13)17/h5-6,9-11,16H,7-8H2,1-4H3. The molecule has 0 amide bonds. The van der Waals surface area contributed by atoms with Gasteiger partial charge in [0.25, 0.3) is 0 Å². The van der Waals surface area contributed by atoms with Gasteiger partial charge >= 0.3 is 0 Å². The van der Waals surface area contributed by atoms with E-state index >= 15 is 0 Å². The van der Waals surface area contributed by atoms with Crippen molar-refractivity contribution in [3.63, 3.8) is 0 Å². The lowest BCUT2D eigenvalue weighted by atomic mass is 10.2. The minimum Gasteiger partial charge on any atom is -0.342 e. The molecule has 0 spiro atoms. The number of nitrogens with zero attached hydrogens (tertiary/aromatic N) is 1. The van der Waals surface area contributed by atoms with Crippen LogP contribution in [0.2, 0.25) is 0 Å². The number of rotatable bonds is 4. The molecule has 1 aromatic heterocycles. The van der Waals surface area contributed by atoms with Crippen LogP contribution in [0.1, 0.15) is 31.1 Å². The van der Waals surface area contributed by atoms with Gasteiger partial charge in [0.1, 0.15) is 0 Å².